The fourth-order valence-electron chi connectivity index (χ4n) is 3.48. The van der Waals surface area contributed by atoms with Gasteiger partial charge in [0.2, 0.25) is 6.10 Å². The molecule has 0 aromatic heterocycles. The van der Waals surface area contributed by atoms with E-state index in [-0.39, 0.29) is 12.4 Å². The molecule has 0 bridgehead atoms. The number of hydrogen-bond donors (Lipinski definition) is 1. The Labute approximate surface area is 152 Å². The zero-order valence-electron chi connectivity index (χ0n) is 14.3. The molecule has 3 rings (SSSR count). The highest BCUT2D eigenvalue weighted by atomic mass is 35.5. The van der Waals surface area contributed by atoms with Gasteiger partial charge in [-0.25, -0.2) is 4.79 Å². The first-order valence-electron chi connectivity index (χ1n) is 8.36. The summed E-state index contributed by atoms with van der Waals surface area (Å²) in [6, 6.07) is 12.6. The number of fused-ring (bicyclic) bond motifs is 1. The summed E-state index contributed by atoms with van der Waals surface area (Å²) in [4.78, 5) is 12.7. The number of benzene rings is 2. The normalized spacial score (nSPS) is 21.5. The second-order valence-corrected chi connectivity index (χ2v) is 6.94. The van der Waals surface area contributed by atoms with Gasteiger partial charge in [0.25, 0.3) is 0 Å². The lowest BCUT2D eigenvalue weighted by molar-refractivity contribution is -0.155. The lowest BCUT2D eigenvalue weighted by Gasteiger charge is -2.28. The largest absolute Gasteiger partial charge is 0.508 e. The first kappa shape index (κ1) is 17.6. The zero-order chi connectivity index (χ0) is 18.0. The molecule has 0 saturated heterocycles. The summed E-state index contributed by atoms with van der Waals surface area (Å²) in [5.41, 5.74) is 0.806. The summed E-state index contributed by atoms with van der Waals surface area (Å²) < 4.78 is 11.3. The molecule has 0 amide bonds. The number of hydrogen-bond acceptors (Lipinski definition) is 4. The van der Waals surface area contributed by atoms with Crippen LogP contribution in [-0.2, 0) is 21.6 Å². The molecule has 1 N–H and O–H groups in total. The molecule has 1 aliphatic heterocycles. The maximum atomic E-state index is 12.7. The fraction of sp³-hybridized carbons (Fsp3) is 0.350. The molecular weight excluding hydrogens is 340 g/mol. The summed E-state index contributed by atoms with van der Waals surface area (Å²) >= 11 is 6.22. The van der Waals surface area contributed by atoms with Gasteiger partial charge in [0.1, 0.15) is 18.1 Å². The van der Waals surface area contributed by atoms with Crippen LogP contribution >= 0.6 is 11.6 Å². The highest BCUT2D eigenvalue weighted by Crippen LogP contribution is 2.53. The summed E-state index contributed by atoms with van der Waals surface area (Å²) in [5, 5.41) is 10.7. The van der Waals surface area contributed by atoms with E-state index in [4.69, 9.17) is 21.1 Å². The van der Waals surface area contributed by atoms with Gasteiger partial charge >= 0.3 is 5.97 Å². The van der Waals surface area contributed by atoms with E-state index in [1.165, 1.54) is 6.07 Å². The van der Waals surface area contributed by atoms with Crippen molar-refractivity contribution in [3.63, 3.8) is 0 Å². The Kier molecular flexibility index (Phi) is 4.91. The Bertz CT molecular complexity index is 775. The van der Waals surface area contributed by atoms with E-state index in [1.807, 2.05) is 44.2 Å². The first-order valence-corrected chi connectivity index (χ1v) is 8.74. The molecule has 25 heavy (non-hydrogen) atoms. The smallest absolute Gasteiger partial charge is 0.348 e. The topological polar surface area (TPSA) is 55.8 Å². The van der Waals surface area contributed by atoms with E-state index in [0.717, 1.165) is 12.0 Å². The summed E-state index contributed by atoms with van der Waals surface area (Å²) in [6.45, 7) is 4.11. The molecule has 1 heterocycles. The average molecular weight is 361 g/mol. The predicted octanol–water partition coefficient (Wildman–Crippen LogP) is 4.61. The lowest BCUT2D eigenvalue weighted by Crippen LogP contribution is -2.42. The second kappa shape index (κ2) is 6.96. The second-order valence-electron chi connectivity index (χ2n) is 6.53. The summed E-state index contributed by atoms with van der Waals surface area (Å²) in [6.07, 6.45) is 0.657. The van der Waals surface area contributed by atoms with Crippen LogP contribution in [0.15, 0.2) is 42.5 Å². The lowest BCUT2D eigenvalue weighted by atomic mass is 9.75. The van der Waals surface area contributed by atoms with Crippen molar-refractivity contribution in [3.8, 4) is 11.5 Å². The van der Waals surface area contributed by atoms with Crippen molar-refractivity contribution in [2.75, 3.05) is 0 Å². The molecule has 0 saturated carbocycles. The first-order chi connectivity index (χ1) is 12.0. The predicted molar refractivity (Wildman–Crippen MR) is 96.0 cm³/mol. The molecule has 0 fully saturated rings. The van der Waals surface area contributed by atoms with Gasteiger partial charge in [-0.1, -0.05) is 62.2 Å². The van der Waals surface area contributed by atoms with Crippen molar-refractivity contribution in [2.24, 2.45) is 0 Å². The van der Waals surface area contributed by atoms with Gasteiger partial charge in [-0.3, -0.25) is 0 Å². The van der Waals surface area contributed by atoms with E-state index in [0.29, 0.717) is 22.8 Å². The summed E-state index contributed by atoms with van der Waals surface area (Å²) in [5.74, 6) is 0.0134. The molecular formula is C20H21ClO4. The van der Waals surface area contributed by atoms with E-state index in [2.05, 4.69) is 0 Å². The molecule has 5 heteroatoms. The van der Waals surface area contributed by atoms with E-state index in [1.54, 1.807) is 6.07 Å². The van der Waals surface area contributed by atoms with Crippen molar-refractivity contribution in [1.82, 2.24) is 0 Å². The SMILES string of the molecule is CCCC1(C)c2c(O)ccc(Cl)c2OC1C(=O)OCc1ccccc1. The van der Waals surface area contributed by atoms with Crippen LogP contribution in [0.25, 0.3) is 0 Å². The van der Waals surface area contributed by atoms with Gasteiger partial charge < -0.3 is 14.6 Å². The van der Waals surface area contributed by atoms with E-state index in [9.17, 15) is 9.90 Å². The fourth-order valence-corrected chi connectivity index (χ4v) is 3.68. The number of carbonyl (C=O) groups excluding carboxylic acids is 1. The molecule has 4 nitrogen and oxygen atoms in total. The zero-order valence-corrected chi connectivity index (χ0v) is 15.0. The van der Waals surface area contributed by atoms with Crippen molar-refractivity contribution in [3.05, 3.63) is 58.6 Å². The van der Waals surface area contributed by atoms with Gasteiger partial charge in [-0.05, 0) is 24.1 Å². The van der Waals surface area contributed by atoms with Crippen LogP contribution in [0.4, 0.5) is 0 Å². The van der Waals surface area contributed by atoms with Gasteiger partial charge in [0.15, 0.2) is 0 Å². The monoisotopic (exact) mass is 360 g/mol. The van der Waals surface area contributed by atoms with Crippen molar-refractivity contribution < 1.29 is 19.4 Å². The minimum atomic E-state index is -0.836. The van der Waals surface area contributed by atoms with Crippen LogP contribution in [0.3, 0.4) is 0 Å². The van der Waals surface area contributed by atoms with Crippen LogP contribution in [0.5, 0.6) is 11.5 Å². The van der Waals surface area contributed by atoms with Crippen molar-refractivity contribution in [1.29, 1.82) is 0 Å². The van der Waals surface area contributed by atoms with Gasteiger partial charge in [-0.2, -0.15) is 0 Å². The number of esters is 1. The molecule has 0 spiro atoms. The van der Waals surface area contributed by atoms with Crippen LogP contribution in [-0.4, -0.2) is 17.2 Å². The Morgan fingerprint density at radius 3 is 2.68 bits per heavy atom. The molecule has 2 aromatic carbocycles. The summed E-state index contributed by atoms with van der Waals surface area (Å²) in [7, 11) is 0. The minimum absolute atomic E-state index is 0.0914. The number of rotatable bonds is 5. The minimum Gasteiger partial charge on any atom is -0.508 e. The Morgan fingerprint density at radius 2 is 2.00 bits per heavy atom. The number of aromatic hydroxyl groups is 1. The van der Waals surface area contributed by atoms with E-state index < -0.39 is 17.5 Å². The number of carbonyl (C=O) groups is 1. The molecule has 1 aliphatic rings. The van der Waals surface area contributed by atoms with Gasteiger partial charge in [0, 0.05) is 11.0 Å². The number of halogens is 1. The molecule has 2 unspecified atom stereocenters. The third kappa shape index (κ3) is 3.19. The van der Waals surface area contributed by atoms with Crippen molar-refractivity contribution in [2.45, 2.75) is 44.8 Å². The third-order valence-electron chi connectivity index (χ3n) is 4.68. The Morgan fingerprint density at radius 1 is 1.28 bits per heavy atom. The van der Waals surface area contributed by atoms with Crippen LogP contribution in [0, 0.1) is 0 Å². The highest BCUT2D eigenvalue weighted by Gasteiger charge is 2.52. The standard InChI is InChI=1S/C20H21ClO4/c1-3-11-20(2)16-15(22)10-9-14(21)17(16)25-18(20)19(23)24-12-13-7-5-4-6-8-13/h4-10,18,22H,3,11-12H2,1-2H3. The molecule has 2 atom stereocenters. The van der Waals surface area contributed by atoms with Crippen LogP contribution < -0.4 is 4.74 Å². The highest BCUT2D eigenvalue weighted by molar-refractivity contribution is 6.32. The third-order valence-corrected chi connectivity index (χ3v) is 4.98. The quantitative estimate of drug-likeness (QED) is 0.791. The number of phenols is 1. The molecule has 0 aliphatic carbocycles. The van der Waals surface area contributed by atoms with Crippen molar-refractivity contribution >= 4 is 17.6 Å². The molecule has 132 valence electrons. The Hall–Kier alpha value is -2.20. The van der Waals surface area contributed by atoms with Crippen LogP contribution in [0.1, 0.15) is 37.8 Å². The van der Waals surface area contributed by atoms with Gasteiger partial charge in [0.05, 0.1) is 5.02 Å². The number of ether oxygens (including phenoxy) is 2. The van der Waals surface area contributed by atoms with Gasteiger partial charge in [-0.15, -0.1) is 0 Å². The van der Waals surface area contributed by atoms with Crippen LogP contribution in [0.2, 0.25) is 5.02 Å². The Balaban J connectivity index is 1.87. The van der Waals surface area contributed by atoms with E-state index >= 15 is 0 Å². The maximum absolute atomic E-state index is 12.7. The average Bonchev–Trinajstić information content (AvgIpc) is 2.92. The maximum Gasteiger partial charge on any atom is 0.348 e. The number of phenolic OH excluding ortho intramolecular Hbond substituents is 1. The molecule has 0 radical (unpaired) electrons. The molecule has 2 aromatic rings.